The molecular weight excluding hydrogens is 242 g/mol. The number of para-hydroxylation sites is 1. The molecule has 0 amide bonds. The number of benzene rings is 2. The van der Waals surface area contributed by atoms with Gasteiger partial charge in [-0.15, -0.1) is 11.8 Å². The van der Waals surface area contributed by atoms with E-state index in [9.17, 15) is 0 Å². The molecule has 3 heteroatoms. The van der Waals surface area contributed by atoms with Gasteiger partial charge in [0.15, 0.2) is 0 Å². The molecule has 1 aliphatic rings. The summed E-state index contributed by atoms with van der Waals surface area (Å²) in [6, 6.07) is 17.1. The fourth-order valence-corrected chi connectivity index (χ4v) is 3.23. The number of hydrogen-bond donors (Lipinski definition) is 1. The van der Waals surface area contributed by atoms with Gasteiger partial charge in [-0.2, -0.15) is 0 Å². The lowest BCUT2D eigenvalue weighted by Crippen LogP contribution is -2.17. The van der Waals surface area contributed by atoms with Crippen LogP contribution in [0.25, 0.3) is 0 Å². The molecular formula is C15H15NOS. The van der Waals surface area contributed by atoms with E-state index in [4.69, 9.17) is 4.74 Å². The van der Waals surface area contributed by atoms with Gasteiger partial charge in [0.25, 0.3) is 0 Å². The van der Waals surface area contributed by atoms with Crippen LogP contribution in [-0.4, -0.2) is 12.9 Å². The Kier molecular flexibility index (Phi) is 3.15. The molecule has 0 saturated carbocycles. The van der Waals surface area contributed by atoms with Gasteiger partial charge < -0.3 is 10.1 Å². The average molecular weight is 257 g/mol. The number of nitrogens with one attached hydrogen (secondary N) is 1. The number of thioether (sulfide) groups is 1. The summed E-state index contributed by atoms with van der Waals surface area (Å²) in [6.45, 7) is 0. The standard InChI is InChI=1S/C15H15NOS/c1-17-12-6-4-5-11(9-12)14-10-18-15-8-3-2-7-13(15)16-14/h2-9,14,16H,10H2,1H3. The van der Waals surface area contributed by atoms with Crippen LogP contribution in [0.5, 0.6) is 5.75 Å². The van der Waals surface area contributed by atoms with Crippen LogP contribution in [0.2, 0.25) is 0 Å². The molecule has 1 unspecified atom stereocenters. The monoisotopic (exact) mass is 257 g/mol. The van der Waals surface area contributed by atoms with Gasteiger partial charge in [0, 0.05) is 16.3 Å². The molecule has 0 aliphatic carbocycles. The molecule has 1 N–H and O–H groups in total. The van der Waals surface area contributed by atoms with Crippen LogP contribution in [0, 0.1) is 0 Å². The molecule has 1 heterocycles. The average Bonchev–Trinajstić information content (AvgIpc) is 2.47. The van der Waals surface area contributed by atoms with Gasteiger partial charge in [0.05, 0.1) is 13.2 Å². The highest BCUT2D eigenvalue weighted by Gasteiger charge is 2.19. The molecule has 92 valence electrons. The fraction of sp³-hybridized carbons (Fsp3) is 0.200. The maximum atomic E-state index is 5.28. The quantitative estimate of drug-likeness (QED) is 0.880. The summed E-state index contributed by atoms with van der Waals surface area (Å²) in [5.74, 6) is 1.96. The first-order valence-corrected chi connectivity index (χ1v) is 6.98. The Hall–Kier alpha value is -1.61. The van der Waals surface area contributed by atoms with Crippen molar-refractivity contribution in [2.24, 2.45) is 0 Å². The second-order valence-corrected chi connectivity index (χ2v) is 5.34. The molecule has 0 spiro atoms. The first-order chi connectivity index (χ1) is 8.86. The summed E-state index contributed by atoms with van der Waals surface area (Å²) < 4.78 is 5.28. The lowest BCUT2D eigenvalue weighted by molar-refractivity contribution is 0.414. The predicted molar refractivity (Wildman–Crippen MR) is 76.5 cm³/mol. The molecule has 0 radical (unpaired) electrons. The first kappa shape index (κ1) is 11.5. The largest absolute Gasteiger partial charge is 0.497 e. The second kappa shape index (κ2) is 4.94. The van der Waals surface area contributed by atoms with Crippen LogP contribution in [0.3, 0.4) is 0 Å². The summed E-state index contributed by atoms with van der Waals surface area (Å²) in [4.78, 5) is 1.33. The van der Waals surface area contributed by atoms with Gasteiger partial charge in [0.1, 0.15) is 5.75 Å². The fourth-order valence-electron chi connectivity index (χ4n) is 2.15. The number of rotatable bonds is 2. The molecule has 3 rings (SSSR count). The van der Waals surface area contributed by atoms with E-state index >= 15 is 0 Å². The summed E-state index contributed by atoms with van der Waals surface area (Å²) in [7, 11) is 1.71. The zero-order valence-corrected chi connectivity index (χ0v) is 11.0. The molecule has 0 aromatic heterocycles. The Balaban J connectivity index is 1.87. The third-order valence-electron chi connectivity index (χ3n) is 3.12. The third-order valence-corrected chi connectivity index (χ3v) is 4.29. The van der Waals surface area contributed by atoms with Crippen LogP contribution in [0.1, 0.15) is 11.6 Å². The van der Waals surface area contributed by atoms with Gasteiger partial charge >= 0.3 is 0 Å². The Morgan fingerprint density at radius 1 is 1.17 bits per heavy atom. The van der Waals surface area contributed by atoms with Crippen molar-refractivity contribution in [3.05, 3.63) is 54.1 Å². The van der Waals surface area contributed by atoms with E-state index in [-0.39, 0.29) is 0 Å². The predicted octanol–water partition coefficient (Wildman–Crippen LogP) is 3.95. The van der Waals surface area contributed by atoms with Crippen molar-refractivity contribution in [1.82, 2.24) is 0 Å². The van der Waals surface area contributed by atoms with E-state index < -0.39 is 0 Å². The molecule has 18 heavy (non-hydrogen) atoms. The highest BCUT2D eigenvalue weighted by Crippen LogP contribution is 2.38. The van der Waals surface area contributed by atoms with E-state index in [0.717, 1.165) is 11.5 Å². The normalized spacial score (nSPS) is 17.7. The minimum atomic E-state index is 0.347. The van der Waals surface area contributed by atoms with E-state index in [1.165, 1.54) is 16.1 Å². The van der Waals surface area contributed by atoms with Crippen LogP contribution in [0.4, 0.5) is 5.69 Å². The van der Waals surface area contributed by atoms with E-state index in [0.29, 0.717) is 6.04 Å². The Labute approximate surface area is 111 Å². The van der Waals surface area contributed by atoms with Crippen molar-refractivity contribution in [3.63, 3.8) is 0 Å². The molecule has 1 aliphatic heterocycles. The Bertz CT molecular complexity index is 556. The number of hydrogen-bond acceptors (Lipinski definition) is 3. The number of anilines is 1. The summed E-state index contributed by atoms with van der Waals surface area (Å²) >= 11 is 1.90. The van der Waals surface area contributed by atoms with Gasteiger partial charge in [-0.3, -0.25) is 0 Å². The smallest absolute Gasteiger partial charge is 0.119 e. The van der Waals surface area contributed by atoms with Crippen LogP contribution >= 0.6 is 11.8 Å². The minimum Gasteiger partial charge on any atom is -0.497 e. The maximum absolute atomic E-state index is 5.28. The van der Waals surface area contributed by atoms with Gasteiger partial charge in [-0.25, -0.2) is 0 Å². The van der Waals surface area contributed by atoms with Crippen LogP contribution in [0.15, 0.2) is 53.4 Å². The van der Waals surface area contributed by atoms with E-state index in [1.54, 1.807) is 7.11 Å². The SMILES string of the molecule is COc1cccc(C2CSc3ccccc3N2)c1. The number of methoxy groups -OCH3 is 1. The molecule has 1 atom stereocenters. The minimum absolute atomic E-state index is 0.347. The van der Waals surface area contributed by atoms with E-state index in [2.05, 4.69) is 41.7 Å². The second-order valence-electron chi connectivity index (χ2n) is 4.28. The van der Waals surface area contributed by atoms with Gasteiger partial charge in [-0.05, 0) is 29.8 Å². The van der Waals surface area contributed by atoms with Gasteiger partial charge in [-0.1, -0.05) is 24.3 Å². The highest BCUT2D eigenvalue weighted by atomic mass is 32.2. The van der Waals surface area contributed by atoms with E-state index in [1.807, 2.05) is 23.9 Å². The molecule has 0 bridgehead atoms. The third kappa shape index (κ3) is 2.18. The van der Waals surface area contributed by atoms with Crippen LogP contribution in [-0.2, 0) is 0 Å². The summed E-state index contributed by atoms with van der Waals surface area (Å²) in [5.41, 5.74) is 2.50. The van der Waals surface area contributed by atoms with Crippen molar-refractivity contribution in [3.8, 4) is 5.75 Å². The Morgan fingerprint density at radius 2 is 2.06 bits per heavy atom. The maximum Gasteiger partial charge on any atom is 0.119 e. The zero-order chi connectivity index (χ0) is 12.4. The topological polar surface area (TPSA) is 21.3 Å². The van der Waals surface area contributed by atoms with Crippen molar-refractivity contribution in [2.75, 3.05) is 18.2 Å². The van der Waals surface area contributed by atoms with Crippen molar-refractivity contribution in [1.29, 1.82) is 0 Å². The zero-order valence-electron chi connectivity index (χ0n) is 10.2. The van der Waals surface area contributed by atoms with Crippen LogP contribution < -0.4 is 10.1 Å². The molecule has 0 fully saturated rings. The lowest BCUT2D eigenvalue weighted by Gasteiger charge is -2.27. The number of ether oxygens (including phenoxy) is 1. The number of fused-ring (bicyclic) bond motifs is 1. The molecule has 2 aromatic carbocycles. The summed E-state index contributed by atoms with van der Waals surface area (Å²) in [6.07, 6.45) is 0. The first-order valence-electron chi connectivity index (χ1n) is 5.99. The van der Waals surface area contributed by atoms with Gasteiger partial charge in [0.2, 0.25) is 0 Å². The van der Waals surface area contributed by atoms with Crippen molar-refractivity contribution >= 4 is 17.4 Å². The summed E-state index contributed by atoms with van der Waals surface area (Å²) in [5, 5.41) is 3.59. The van der Waals surface area contributed by atoms with Crippen molar-refractivity contribution < 1.29 is 4.74 Å². The van der Waals surface area contributed by atoms with Crippen molar-refractivity contribution in [2.45, 2.75) is 10.9 Å². The highest BCUT2D eigenvalue weighted by molar-refractivity contribution is 7.99. The Morgan fingerprint density at radius 3 is 2.94 bits per heavy atom. The molecule has 2 aromatic rings. The molecule has 0 saturated heterocycles. The lowest BCUT2D eigenvalue weighted by atomic mass is 10.1. The molecule has 2 nitrogen and oxygen atoms in total.